The molecular formula is C20H26ClN3O7. The van der Waals surface area contributed by atoms with Gasteiger partial charge >= 0.3 is 12.1 Å². The normalized spacial score (nSPS) is 13.2. The summed E-state index contributed by atoms with van der Waals surface area (Å²) in [5, 5.41) is 7.12. The van der Waals surface area contributed by atoms with Gasteiger partial charge in [-0.3, -0.25) is 19.2 Å². The lowest BCUT2D eigenvalue weighted by Gasteiger charge is -2.21. The SMILES string of the molecule is COC(=O)CC(NC(=O)C(C)NC(=O)C(C)NC(=O)OCc1ccccc1)C(=O)CCl. The summed E-state index contributed by atoms with van der Waals surface area (Å²) in [6, 6.07) is 5.77. The summed E-state index contributed by atoms with van der Waals surface area (Å²) in [5.41, 5.74) is 0.785. The van der Waals surface area contributed by atoms with E-state index >= 15 is 0 Å². The summed E-state index contributed by atoms with van der Waals surface area (Å²) < 4.78 is 9.53. The topological polar surface area (TPSA) is 140 Å². The van der Waals surface area contributed by atoms with Crippen molar-refractivity contribution in [1.82, 2.24) is 16.0 Å². The van der Waals surface area contributed by atoms with E-state index < -0.39 is 53.7 Å². The molecule has 0 fully saturated rings. The van der Waals surface area contributed by atoms with Crippen LogP contribution in [-0.4, -0.2) is 60.8 Å². The molecule has 3 N–H and O–H groups in total. The van der Waals surface area contributed by atoms with Crippen LogP contribution in [0.1, 0.15) is 25.8 Å². The minimum Gasteiger partial charge on any atom is -0.469 e. The van der Waals surface area contributed by atoms with E-state index in [2.05, 4.69) is 20.7 Å². The van der Waals surface area contributed by atoms with E-state index in [1.807, 2.05) is 6.07 Å². The van der Waals surface area contributed by atoms with Gasteiger partial charge in [0.05, 0.1) is 25.5 Å². The lowest BCUT2D eigenvalue weighted by atomic mass is 10.1. The van der Waals surface area contributed by atoms with Crippen molar-refractivity contribution in [2.75, 3.05) is 13.0 Å². The Morgan fingerprint density at radius 2 is 1.52 bits per heavy atom. The van der Waals surface area contributed by atoms with Crippen molar-refractivity contribution in [3.8, 4) is 0 Å². The maximum atomic E-state index is 12.3. The highest BCUT2D eigenvalue weighted by molar-refractivity contribution is 6.28. The van der Waals surface area contributed by atoms with Crippen molar-refractivity contribution in [3.05, 3.63) is 35.9 Å². The van der Waals surface area contributed by atoms with E-state index in [4.69, 9.17) is 16.3 Å². The number of benzene rings is 1. The summed E-state index contributed by atoms with van der Waals surface area (Å²) in [4.78, 5) is 59.6. The fourth-order valence-corrected chi connectivity index (χ4v) is 2.48. The fraction of sp³-hybridized carbons (Fsp3) is 0.450. The Hall–Kier alpha value is -3.14. The zero-order valence-electron chi connectivity index (χ0n) is 17.5. The lowest BCUT2D eigenvalue weighted by molar-refractivity contribution is -0.143. The van der Waals surface area contributed by atoms with Crippen LogP contribution in [0.4, 0.5) is 4.79 Å². The number of carbonyl (C=O) groups excluding carboxylic acids is 5. The molecule has 0 aliphatic rings. The Kier molecular flexibility index (Phi) is 11.0. The molecule has 31 heavy (non-hydrogen) atoms. The number of rotatable bonds is 11. The van der Waals surface area contributed by atoms with E-state index in [1.54, 1.807) is 24.3 Å². The highest BCUT2D eigenvalue weighted by Crippen LogP contribution is 2.02. The number of amides is 3. The van der Waals surface area contributed by atoms with Crippen molar-refractivity contribution < 1.29 is 33.4 Å². The Bertz CT molecular complexity index is 788. The number of hydrogen-bond donors (Lipinski definition) is 3. The number of hydrogen-bond acceptors (Lipinski definition) is 7. The van der Waals surface area contributed by atoms with Crippen molar-refractivity contribution in [2.45, 2.75) is 45.0 Å². The van der Waals surface area contributed by atoms with Crippen LogP contribution in [0.25, 0.3) is 0 Å². The van der Waals surface area contributed by atoms with Gasteiger partial charge in [-0.1, -0.05) is 30.3 Å². The molecule has 10 nitrogen and oxygen atoms in total. The van der Waals surface area contributed by atoms with Crippen LogP contribution < -0.4 is 16.0 Å². The van der Waals surface area contributed by atoms with Gasteiger partial charge in [0.15, 0.2) is 5.78 Å². The Morgan fingerprint density at radius 1 is 0.935 bits per heavy atom. The standard InChI is InChI=1S/C20H26ClN3O7/c1-12(19(28)24-15(16(25)10-21)9-17(26)30-3)22-18(27)13(2)23-20(29)31-11-14-7-5-4-6-8-14/h4-8,12-13,15H,9-11H2,1-3H3,(H,22,27)(H,23,29)(H,24,28). The first-order valence-corrected chi connectivity index (χ1v) is 9.94. The summed E-state index contributed by atoms with van der Waals surface area (Å²) in [6.07, 6.45) is -1.19. The molecule has 3 amide bonds. The van der Waals surface area contributed by atoms with Gasteiger partial charge in [0.1, 0.15) is 18.7 Å². The molecule has 0 radical (unpaired) electrons. The third kappa shape index (κ3) is 9.47. The molecule has 0 heterocycles. The van der Waals surface area contributed by atoms with Crippen LogP contribution >= 0.6 is 11.6 Å². The van der Waals surface area contributed by atoms with Crippen LogP contribution in [0.3, 0.4) is 0 Å². The van der Waals surface area contributed by atoms with Gasteiger partial charge in [0.2, 0.25) is 11.8 Å². The number of methoxy groups -OCH3 is 1. The first kappa shape index (κ1) is 25.9. The number of Topliss-reactive ketones (excluding diaryl/α,β-unsaturated/α-hetero) is 1. The first-order valence-electron chi connectivity index (χ1n) is 9.41. The molecule has 0 aromatic heterocycles. The van der Waals surface area contributed by atoms with Gasteiger partial charge in [-0.2, -0.15) is 0 Å². The van der Waals surface area contributed by atoms with E-state index in [9.17, 15) is 24.0 Å². The number of carbonyl (C=O) groups is 5. The molecule has 3 unspecified atom stereocenters. The number of alkyl halides is 1. The van der Waals surface area contributed by atoms with E-state index in [-0.39, 0.29) is 13.0 Å². The van der Waals surface area contributed by atoms with Crippen molar-refractivity contribution >= 4 is 41.3 Å². The highest BCUT2D eigenvalue weighted by Gasteiger charge is 2.27. The molecule has 3 atom stereocenters. The minimum atomic E-state index is -1.18. The van der Waals surface area contributed by atoms with E-state index in [0.717, 1.165) is 12.7 Å². The van der Waals surface area contributed by atoms with Crippen LogP contribution in [0, 0.1) is 0 Å². The van der Waals surface area contributed by atoms with Crippen LogP contribution in [0.5, 0.6) is 0 Å². The first-order chi connectivity index (χ1) is 14.7. The Morgan fingerprint density at radius 3 is 2.10 bits per heavy atom. The monoisotopic (exact) mass is 455 g/mol. The predicted octanol–water partition coefficient (Wildman–Crippen LogP) is 0.662. The number of alkyl carbamates (subject to hydrolysis) is 1. The zero-order chi connectivity index (χ0) is 23.4. The van der Waals surface area contributed by atoms with Crippen molar-refractivity contribution in [3.63, 3.8) is 0 Å². The second kappa shape index (κ2) is 13.2. The molecule has 1 aromatic carbocycles. The van der Waals surface area contributed by atoms with Gasteiger partial charge in [-0.25, -0.2) is 4.79 Å². The molecule has 11 heteroatoms. The van der Waals surface area contributed by atoms with E-state index in [1.165, 1.54) is 13.8 Å². The fourth-order valence-electron chi connectivity index (χ4n) is 2.30. The molecule has 0 aliphatic carbocycles. The van der Waals surface area contributed by atoms with Gasteiger partial charge < -0.3 is 25.4 Å². The van der Waals surface area contributed by atoms with Crippen molar-refractivity contribution in [1.29, 1.82) is 0 Å². The largest absolute Gasteiger partial charge is 0.469 e. The predicted molar refractivity (Wildman–Crippen MR) is 111 cm³/mol. The Labute approximate surface area is 185 Å². The quantitative estimate of drug-likeness (QED) is 0.329. The molecule has 0 saturated carbocycles. The van der Waals surface area contributed by atoms with Crippen LogP contribution in [-0.2, 0) is 35.3 Å². The molecular weight excluding hydrogens is 430 g/mol. The number of nitrogens with one attached hydrogen (secondary N) is 3. The summed E-state index contributed by atoms with van der Waals surface area (Å²) in [6.45, 7) is 2.84. The number of ether oxygens (including phenoxy) is 2. The molecule has 0 saturated heterocycles. The maximum absolute atomic E-state index is 12.3. The number of halogens is 1. The van der Waals surface area contributed by atoms with E-state index in [0.29, 0.717) is 0 Å². The van der Waals surface area contributed by atoms with Crippen molar-refractivity contribution in [2.24, 2.45) is 0 Å². The minimum absolute atomic E-state index is 0.0377. The van der Waals surface area contributed by atoms with Gasteiger partial charge in [0.25, 0.3) is 0 Å². The average molecular weight is 456 g/mol. The second-order valence-corrected chi connectivity index (χ2v) is 6.87. The highest BCUT2D eigenvalue weighted by atomic mass is 35.5. The second-order valence-electron chi connectivity index (χ2n) is 6.60. The van der Waals surface area contributed by atoms with Gasteiger partial charge in [0, 0.05) is 0 Å². The number of esters is 1. The molecule has 1 aromatic rings. The average Bonchev–Trinajstić information content (AvgIpc) is 2.76. The molecule has 0 aliphatic heterocycles. The molecule has 0 spiro atoms. The van der Waals surface area contributed by atoms with Gasteiger partial charge in [-0.15, -0.1) is 11.6 Å². The summed E-state index contributed by atoms with van der Waals surface area (Å²) >= 11 is 5.50. The molecule has 1 rings (SSSR count). The van der Waals surface area contributed by atoms with Crippen LogP contribution in [0.2, 0.25) is 0 Å². The zero-order valence-corrected chi connectivity index (χ0v) is 18.2. The molecule has 170 valence electrons. The lowest BCUT2D eigenvalue weighted by Crippen LogP contribution is -2.54. The van der Waals surface area contributed by atoms with Crippen LogP contribution in [0.15, 0.2) is 30.3 Å². The smallest absolute Gasteiger partial charge is 0.408 e. The molecule has 0 bridgehead atoms. The Balaban J connectivity index is 2.52. The summed E-state index contributed by atoms with van der Waals surface area (Å²) in [5.74, 6) is -3.04. The third-order valence-corrected chi connectivity index (χ3v) is 4.39. The summed E-state index contributed by atoms with van der Waals surface area (Å²) in [7, 11) is 1.15. The number of ketones is 1. The van der Waals surface area contributed by atoms with Gasteiger partial charge in [-0.05, 0) is 19.4 Å². The maximum Gasteiger partial charge on any atom is 0.408 e. The third-order valence-electron chi connectivity index (χ3n) is 4.13.